The zero-order chi connectivity index (χ0) is 20.1. The Morgan fingerprint density at radius 1 is 0.815 bits per heavy atom. The summed E-state index contributed by atoms with van der Waals surface area (Å²) in [7, 11) is 0. The third-order valence-electron chi connectivity index (χ3n) is 5.16. The minimum atomic E-state index is -1.03. The number of carbonyl (C=O) groups excluding carboxylic acids is 1. The number of carboxylic acid groups (broad SMARTS) is 2. The molecule has 2 atom stereocenters. The smallest absolute Gasteiger partial charge is 0.334 e. The summed E-state index contributed by atoms with van der Waals surface area (Å²) in [5, 5.41) is 17.7. The molecule has 0 aliphatic carbocycles. The van der Waals surface area contributed by atoms with E-state index in [1.54, 1.807) is 0 Å². The summed E-state index contributed by atoms with van der Waals surface area (Å²) in [4.78, 5) is 33.1. The van der Waals surface area contributed by atoms with Gasteiger partial charge in [0.25, 0.3) is 0 Å². The van der Waals surface area contributed by atoms with E-state index in [1.165, 1.54) is 38.5 Å². The fraction of sp³-hybridized carbons (Fsp3) is 0.762. The topological polar surface area (TPSA) is 101 Å². The highest BCUT2D eigenvalue weighted by Crippen LogP contribution is 2.30. The summed E-state index contributed by atoms with van der Waals surface area (Å²) in [6, 6.07) is 0. The molecule has 0 unspecified atom stereocenters. The van der Waals surface area contributed by atoms with Crippen molar-refractivity contribution in [2.24, 2.45) is 5.92 Å². The van der Waals surface area contributed by atoms with Gasteiger partial charge in [-0.1, -0.05) is 70.8 Å². The molecule has 2 N–H and O–H groups in total. The standard InChI is InChI=1S/C21H34O6/c1-16-19(20(24)25)17(27-21(16)26)14-12-10-8-6-4-2-3-5-7-9-11-13-15-18(22)23/h17,19H,1-15H2,(H,22,23)(H,24,25)/t17-,19+/m0/s1. The highest BCUT2D eigenvalue weighted by Gasteiger charge is 2.42. The first kappa shape index (κ1) is 23.2. The second-order valence-electron chi connectivity index (χ2n) is 7.46. The predicted molar refractivity (Wildman–Crippen MR) is 102 cm³/mol. The number of esters is 1. The van der Waals surface area contributed by atoms with Gasteiger partial charge in [0.1, 0.15) is 12.0 Å². The van der Waals surface area contributed by atoms with Crippen LogP contribution < -0.4 is 0 Å². The maximum atomic E-state index is 11.5. The number of ether oxygens (including phenoxy) is 1. The Morgan fingerprint density at radius 2 is 1.26 bits per heavy atom. The van der Waals surface area contributed by atoms with Crippen LogP contribution in [0, 0.1) is 5.92 Å². The van der Waals surface area contributed by atoms with Crippen molar-refractivity contribution in [1.82, 2.24) is 0 Å². The molecule has 6 heteroatoms. The van der Waals surface area contributed by atoms with Gasteiger partial charge < -0.3 is 14.9 Å². The molecule has 1 fully saturated rings. The van der Waals surface area contributed by atoms with E-state index in [0.29, 0.717) is 6.42 Å². The number of cyclic esters (lactones) is 1. The van der Waals surface area contributed by atoms with Crippen molar-refractivity contribution in [3.05, 3.63) is 12.2 Å². The molecule has 0 bridgehead atoms. The van der Waals surface area contributed by atoms with Crippen LogP contribution in [0.2, 0.25) is 0 Å². The predicted octanol–water partition coefficient (Wildman–Crippen LogP) is 4.71. The fourth-order valence-electron chi connectivity index (χ4n) is 3.56. The van der Waals surface area contributed by atoms with Gasteiger partial charge in [-0.25, -0.2) is 4.79 Å². The molecule has 0 amide bonds. The van der Waals surface area contributed by atoms with Crippen molar-refractivity contribution in [2.75, 3.05) is 0 Å². The SMILES string of the molecule is C=C1C(=O)O[C@@H](CCCCCCCCCCCCCCC(=O)O)[C@@H]1C(=O)O. The van der Waals surface area contributed by atoms with Crippen molar-refractivity contribution in [3.63, 3.8) is 0 Å². The van der Waals surface area contributed by atoms with Crippen LogP contribution >= 0.6 is 0 Å². The molecule has 1 rings (SSSR count). The second kappa shape index (κ2) is 13.3. The molecule has 1 aliphatic rings. The summed E-state index contributed by atoms with van der Waals surface area (Å²) >= 11 is 0. The molecule has 0 radical (unpaired) electrons. The Hall–Kier alpha value is -1.85. The van der Waals surface area contributed by atoms with Gasteiger partial charge in [0.2, 0.25) is 0 Å². The van der Waals surface area contributed by atoms with Gasteiger partial charge in [0, 0.05) is 12.0 Å². The van der Waals surface area contributed by atoms with Crippen molar-refractivity contribution >= 4 is 17.9 Å². The van der Waals surface area contributed by atoms with Crippen molar-refractivity contribution < 1.29 is 29.3 Å². The average Bonchev–Trinajstić information content (AvgIpc) is 2.89. The molecule has 154 valence electrons. The van der Waals surface area contributed by atoms with Crippen LogP contribution in [0.5, 0.6) is 0 Å². The summed E-state index contributed by atoms with van der Waals surface area (Å²) < 4.78 is 5.12. The molecule has 0 aromatic heterocycles. The number of unbranched alkanes of at least 4 members (excludes halogenated alkanes) is 11. The third-order valence-corrected chi connectivity index (χ3v) is 5.16. The number of carboxylic acids is 2. The van der Waals surface area contributed by atoms with Crippen LogP contribution in [0.4, 0.5) is 0 Å². The van der Waals surface area contributed by atoms with Gasteiger partial charge in [0.15, 0.2) is 0 Å². The lowest BCUT2D eigenvalue weighted by atomic mass is 9.93. The Kier molecular flexibility index (Phi) is 11.5. The number of hydrogen-bond donors (Lipinski definition) is 2. The van der Waals surface area contributed by atoms with Gasteiger partial charge in [-0.2, -0.15) is 0 Å². The molecular formula is C21H34O6. The maximum Gasteiger partial charge on any atom is 0.334 e. The second-order valence-corrected chi connectivity index (χ2v) is 7.46. The first-order chi connectivity index (χ1) is 12.9. The first-order valence-electron chi connectivity index (χ1n) is 10.3. The first-order valence-corrected chi connectivity index (χ1v) is 10.3. The highest BCUT2D eigenvalue weighted by molar-refractivity contribution is 5.97. The summed E-state index contributed by atoms with van der Waals surface area (Å²) in [6.45, 7) is 3.53. The van der Waals surface area contributed by atoms with Crippen molar-refractivity contribution in [3.8, 4) is 0 Å². The van der Waals surface area contributed by atoms with E-state index in [9.17, 15) is 19.5 Å². The van der Waals surface area contributed by atoms with Gasteiger partial charge in [0.05, 0.1) is 0 Å². The monoisotopic (exact) mass is 382 g/mol. The van der Waals surface area contributed by atoms with Gasteiger partial charge >= 0.3 is 17.9 Å². The molecular weight excluding hydrogens is 348 g/mol. The van der Waals surface area contributed by atoms with E-state index < -0.39 is 29.9 Å². The maximum absolute atomic E-state index is 11.5. The Morgan fingerprint density at radius 3 is 1.70 bits per heavy atom. The Bertz CT molecular complexity index is 499. The highest BCUT2D eigenvalue weighted by atomic mass is 16.6. The van der Waals surface area contributed by atoms with E-state index in [4.69, 9.17) is 9.84 Å². The molecule has 0 saturated carbocycles. The molecule has 27 heavy (non-hydrogen) atoms. The van der Waals surface area contributed by atoms with E-state index in [1.807, 2.05) is 0 Å². The quantitative estimate of drug-likeness (QED) is 0.228. The van der Waals surface area contributed by atoms with Crippen LogP contribution in [-0.4, -0.2) is 34.2 Å². The van der Waals surface area contributed by atoms with Crippen molar-refractivity contribution in [2.45, 2.75) is 96.0 Å². The van der Waals surface area contributed by atoms with E-state index >= 15 is 0 Å². The van der Waals surface area contributed by atoms with Crippen LogP contribution in [0.1, 0.15) is 89.9 Å². The molecule has 0 spiro atoms. The number of aliphatic carboxylic acids is 2. The molecule has 0 aromatic carbocycles. The summed E-state index contributed by atoms with van der Waals surface area (Å²) in [5.41, 5.74) is 0.0642. The molecule has 1 saturated heterocycles. The largest absolute Gasteiger partial charge is 0.481 e. The van der Waals surface area contributed by atoms with Crippen LogP contribution in [0.3, 0.4) is 0 Å². The zero-order valence-corrected chi connectivity index (χ0v) is 16.3. The fourth-order valence-corrected chi connectivity index (χ4v) is 3.56. The Balaban J connectivity index is 1.91. The number of carbonyl (C=O) groups is 3. The molecule has 1 aliphatic heterocycles. The number of hydrogen-bond acceptors (Lipinski definition) is 4. The Labute approximate surface area is 162 Å². The van der Waals surface area contributed by atoms with E-state index in [-0.39, 0.29) is 12.0 Å². The molecule has 0 aromatic rings. The van der Waals surface area contributed by atoms with E-state index in [0.717, 1.165) is 38.5 Å². The van der Waals surface area contributed by atoms with Gasteiger partial charge in [-0.15, -0.1) is 0 Å². The molecule has 1 heterocycles. The lowest BCUT2D eigenvalue weighted by Crippen LogP contribution is -2.24. The van der Waals surface area contributed by atoms with Crippen LogP contribution in [-0.2, 0) is 19.1 Å². The lowest BCUT2D eigenvalue weighted by molar-refractivity contribution is -0.144. The van der Waals surface area contributed by atoms with Crippen molar-refractivity contribution in [1.29, 1.82) is 0 Å². The average molecular weight is 382 g/mol. The van der Waals surface area contributed by atoms with Crippen LogP contribution in [0.15, 0.2) is 12.2 Å². The van der Waals surface area contributed by atoms with Crippen LogP contribution in [0.25, 0.3) is 0 Å². The zero-order valence-electron chi connectivity index (χ0n) is 16.3. The van der Waals surface area contributed by atoms with Gasteiger partial charge in [-0.3, -0.25) is 9.59 Å². The lowest BCUT2D eigenvalue weighted by Gasteiger charge is -2.13. The van der Waals surface area contributed by atoms with Gasteiger partial charge in [-0.05, 0) is 19.3 Å². The molecule has 6 nitrogen and oxygen atoms in total. The minimum Gasteiger partial charge on any atom is -0.481 e. The minimum absolute atomic E-state index is 0.0642. The summed E-state index contributed by atoms with van der Waals surface area (Å²) in [5.74, 6) is -3.19. The third kappa shape index (κ3) is 9.59. The number of rotatable bonds is 16. The summed E-state index contributed by atoms with van der Waals surface area (Å²) in [6.07, 6.45) is 13.5. The van der Waals surface area contributed by atoms with E-state index in [2.05, 4.69) is 6.58 Å². The normalized spacial score (nSPS) is 19.3.